The molecule has 0 radical (unpaired) electrons. The van der Waals surface area contributed by atoms with Crippen LogP contribution in [0, 0.1) is 0 Å². The third-order valence-corrected chi connectivity index (χ3v) is 2.13. The number of hydrogen-bond donors (Lipinski definition) is 1. The molecule has 0 aliphatic carbocycles. The Morgan fingerprint density at radius 3 is 2.88 bits per heavy atom. The first-order valence-electron chi connectivity index (χ1n) is 5.71. The number of nitrogens with two attached hydrogens (primary N) is 1. The van der Waals surface area contributed by atoms with E-state index in [4.69, 9.17) is 19.9 Å². The van der Waals surface area contributed by atoms with Gasteiger partial charge in [0, 0.05) is 38.9 Å². The summed E-state index contributed by atoms with van der Waals surface area (Å²) in [4.78, 5) is 4.09. The van der Waals surface area contributed by atoms with Crippen LogP contribution in [-0.4, -0.2) is 38.5 Å². The van der Waals surface area contributed by atoms with E-state index in [0.29, 0.717) is 33.0 Å². The average Bonchev–Trinajstić information content (AvgIpc) is 2.38. The highest BCUT2D eigenvalue weighted by atomic mass is 16.5. The van der Waals surface area contributed by atoms with Gasteiger partial charge in [0.15, 0.2) is 0 Å². The van der Waals surface area contributed by atoms with E-state index < -0.39 is 0 Å². The van der Waals surface area contributed by atoms with Crippen LogP contribution >= 0.6 is 0 Å². The standard InChI is InChI=1S/C12H20N2O3/c1-15-7-8-16-5-2-6-17-12-3-4-14-11(9-12)10-13/h3-4,9H,2,5-8,10,13H2,1H3. The molecule has 0 aromatic carbocycles. The Balaban J connectivity index is 2.09. The van der Waals surface area contributed by atoms with Gasteiger partial charge in [-0.1, -0.05) is 0 Å². The molecule has 0 spiro atoms. The molecule has 0 atom stereocenters. The van der Waals surface area contributed by atoms with E-state index in [1.165, 1.54) is 0 Å². The normalized spacial score (nSPS) is 10.5. The fraction of sp³-hybridized carbons (Fsp3) is 0.583. The van der Waals surface area contributed by atoms with Crippen LogP contribution in [0.4, 0.5) is 0 Å². The summed E-state index contributed by atoms with van der Waals surface area (Å²) >= 11 is 0. The molecule has 0 bridgehead atoms. The van der Waals surface area contributed by atoms with Crippen molar-refractivity contribution in [1.29, 1.82) is 0 Å². The molecule has 1 rings (SSSR count). The SMILES string of the molecule is COCCOCCCOc1ccnc(CN)c1. The molecule has 17 heavy (non-hydrogen) atoms. The third-order valence-electron chi connectivity index (χ3n) is 2.13. The lowest BCUT2D eigenvalue weighted by molar-refractivity contribution is 0.0644. The summed E-state index contributed by atoms with van der Waals surface area (Å²) in [6, 6.07) is 3.68. The maximum Gasteiger partial charge on any atom is 0.122 e. The molecule has 0 aliphatic rings. The lowest BCUT2D eigenvalue weighted by Gasteiger charge is -2.07. The van der Waals surface area contributed by atoms with Crippen molar-refractivity contribution < 1.29 is 14.2 Å². The van der Waals surface area contributed by atoms with Gasteiger partial charge in [-0.3, -0.25) is 4.98 Å². The largest absolute Gasteiger partial charge is 0.493 e. The Morgan fingerprint density at radius 2 is 2.12 bits per heavy atom. The van der Waals surface area contributed by atoms with E-state index in [0.717, 1.165) is 17.9 Å². The molecule has 1 heterocycles. The van der Waals surface area contributed by atoms with Gasteiger partial charge in [-0.15, -0.1) is 0 Å². The van der Waals surface area contributed by atoms with E-state index in [1.54, 1.807) is 13.3 Å². The Morgan fingerprint density at radius 1 is 1.24 bits per heavy atom. The smallest absolute Gasteiger partial charge is 0.122 e. The van der Waals surface area contributed by atoms with Gasteiger partial charge in [0.2, 0.25) is 0 Å². The molecule has 1 aromatic rings. The van der Waals surface area contributed by atoms with Gasteiger partial charge >= 0.3 is 0 Å². The Hall–Kier alpha value is -1.17. The summed E-state index contributed by atoms with van der Waals surface area (Å²) in [5, 5.41) is 0. The molecule has 0 aliphatic heterocycles. The zero-order valence-corrected chi connectivity index (χ0v) is 10.2. The van der Waals surface area contributed by atoms with Gasteiger partial charge in [-0.05, 0) is 6.07 Å². The van der Waals surface area contributed by atoms with Gasteiger partial charge in [0.25, 0.3) is 0 Å². The Kier molecular flexibility index (Phi) is 7.29. The third kappa shape index (κ3) is 6.21. The number of rotatable bonds is 9. The highest BCUT2D eigenvalue weighted by molar-refractivity contribution is 5.22. The van der Waals surface area contributed by atoms with Gasteiger partial charge in [0.05, 0.1) is 25.5 Å². The molecule has 2 N–H and O–H groups in total. The second-order valence-electron chi connectivity index (χ2n) is 3.49. The van der Waals surface area contributed by atoms with E-state index in [1.807, 2.05) is 12.1 Å². The van der Waals surface area contributed by atoms with Crippen LogP contribution in [0.5, 0.6) is 5.75 Å². The minimum absolute atomic E-state index is 0.428. The summed E-state index contributed by atoms with van der Waals surface area (Å²) < 4.78 is 15.7. The van der Waals surface area contributed by atoms with Crippen molar-refractivity contribution in [3.63, 3.8) is 0 Å². The number of pyridine rings is 1. The fourth-order valence-corrected chi connectivity index (χ4v) is 1.25. The molecule has 0 saturated heterocycles. The Bertz CT molecular complexity index is 308. The number of nitrogens with zero attached hydrogens (tertiary/aromatic N) is 1. The predicted molar refractivity (Wildman–Crippen MR) is 64.9 cm³/mol. The first-order valence-corrected chi connectivity index (χ1v) is 5.71. The van der Waals surface area contributed by atoms with E-state index in [-0.39, 0.29) is 0 Å². The molecule has 0 amide bonds. The van der Waals surface area contributed by atoms with Crippen molar-refractivity contribution in [2.45, 2.75) is 13.0 Å². The van der Waals surface area contributed by atoms with E-state index in [9.17, 15) is 0 Å². The van der Waals surface area contributed by atoms with Crippen LogP contribution in [0.25, 0.3) is 0 Å². The summed E-state index contributed by atoms with van der Waals surface area (Å²) in [5.74, 6) is 0.803. The second kappa shape index (κ2) is 8.92. The van der Waals surface area contributed by atoms with Crippen LogP contribution in [0.1, 0.15) is 12.1 Å². The number of methoxy groups -OCH3 is 1. The predicted octanol–water partition coefficient (Wildman–Crippen LogP) is 0.972. The maximum absolute atomic E-state index is 5.55. The van der Waals surface area contributed by atoms with Gasteiger partial charge < -0.3 is 19.9 Å². The molecule has 0 saturated carbocycles. The van der Waals surface area contributed by atoms with Crippen LogP contribution in [-0.2, 0) is 16.0 Å². The van der Waals surface area contributed by atoms with Gasteiger partial charge in [-0.2, -0.15) is 0 Å². The minimum Gasteiger partial charge on any atom is -0.493 e. The topological polar surface area (TPSA) is 66.6 Å². The molecular weight excluding hydrogens is 220 g/mol. The molecular formula is C12H20N2O3. The summed E-state index contributed by atoms with van der Waals surface area (Å²) in [6.07, 6.45) is 2.55. The highest BCUT2D eigenvalue weighted by Crippen LogP contribution is 2.10. The molecule has 0 fully saturated rings. The van der Waals surface area contributed by atoms with Gasteiger partial charge in [-0.25, -0.2) is 0 Å². The average molecular weight is 240 g/mol. The first-order chi connectivity index (χ1) is 8.36. The minimum atomic E-state index is 0.428. The van der Waals surface area contributed by atoms with E-state index >= 15 is 0 Å². The summed E-state index contributed by atoms with van der Waals surface area (Å²) in [6.45, 7) is 2.99. The van der Waals surface area contributed by atoms with Crippen LogP contribution in [0.3, 0.4) is 0 Å². The van der Waals surface area contributed by atoms with Crippen molar-refractivity contribution in [3.8, 4) is 5.75 Å². The highest BCUT2D eigenvalue weighted by Gasteiger charge is 1.96. The zero-order valence-electron chi connectivity index (χ0n) is 10.2. The van der Waals surface area contributed by atoms with Crippen molar-refractivity contribution in [1.82, 2.24) is 4.98 Å². The van der Waals surface area contributed by atoms with Crippen molar-refractivity contribution in [3.05, 3.63) is 24.0 Å². The summed E-state index contributed by atoms with van der Waals surface area (Å²) in [5.41, 5.74) is 6.32. The van der Waals surface area contributed by atoms with Crippen LogP contribution in [0.2, 0.25) is 0 Å². The van der Waals surface area contributed by atoms with Crippen molar-refractivity contribution in [2.75, 3.05) is 33.5 Å². The number of hydrogen-bond acceptors (Lipinski definition) is 5. The Labute approximate surface area is 102 Å². The molecule has 0 unspecified atom stereocenters. The number of ether oxygens (including phenoxy) is 3. The molecule has 5 heteroatoms. The van der Waals surface area contributed by atoms with E-state index in [2.05, 4.69) is 4.98 Å². The summed E-state index contributed by atoms with van der Waals surface area (Å²) in [7, 11) is 1.66. The first kappa shape index (κ1) is 13.9. The van der Waals surface area contributed by atoms with Gasteiger partial charge in [0.1, 0.15) is 5.75 Å². The molecule has 5 nitrogen and oxygen atoms in total. The zero-order chi connectivity index (χ0) is 12.3. The quantitative estimate of drug-likeness (QED) is 0.651. The monoisotopic (exact) mass is 240 g/mol. The van der Waals surface area contributed by atoms with Crippen molar-refractivity contribution >= 4 is 0 Å². The lowest BCUT2D eigenvalue weighted by atomic mass is 10.3. The second-order valence-corrected chi connectivity index (χ2v) is 3.49. The number of aromatic nitrogens is 1. The maximum atomic E-state index is 5.55. The van der Waals surface area contributed by atoms with Crippen molar-refractivity contribution in [2.24, 2.45) is 5.73 Å². The van der Waals surface area contributed by atoms with Crippen LogP contribution in [0.15, 0.2) is 18.3 Å². The molecule has 1 aromatic heterocycles. The molecule has 96 valence electrons. The fourth-order valence-electron chi connectivity index (χ4n) is 1.25. The van der Waals surface area contributed by atoms with Crippen LogP contribution < -0.4 is 10.5 Å². The lowest BCUT2D eigenvalue weighted by Crippen LogP contribution is -2.07.